The molecule has 0 radical (unpaired) electrons. The molecule has 0 saturated carbocycles. The standard InChI is InChI=1S/C45H62N2O8/c1-30(2)15-10-16-31(3)17-11-18-32(4)19-12-23-44(8)24-22-38-35(7)39(33(5)34(6)40(38)53-44)52-43(50)55-45(9,54-42(49)37-21-14-26-47-28-37)29-51-41(48)36-20-13-25-46-27-36/h13-14,20-21,25-28,30-32H,10-12,15-19,22-24,29H2,1-9H3. The van der Waals surface area contributed by atoms with Crippen molar-refractivity contribution in [2.24, 2.45) is 17.8 Å². The number of carbonyl (C=O) groups is 3. The molecule has 4 atom stereocenters. The van der Waals surface area contributed by atoms with Gasteiger partial charge < -0.3 is 23.7 Å². The van der Waals surface area contributed by atoms with Gasteiger partial charge in [0, 0.05) is 37.3 Å². The third kappa shape index (κ3) is 12.8. The lowest BCUT2D eigenvalue weighted by Crippen LogP contribution is -2.43. The summed E-state index contributed by atoms with van der Waals surface area (Å²) >= 11 is 0. The van der Waals surface area contributed by atoms with Crippen LogP contribution in [0.2, 0.25) is 0 Å². The lowest BCUT2D eigenvalue weighted by Gasteiger charge is -2.38. The number of fused-ring (bicyclic) bond motifs is 1. The van der Waals surface area contributed by atoms with Crippen LogP contribution in [0.1, 0.15) is 149 Å². The monoisotopic (exact) mass is 758 g/mol. The van der Waals surface area contributed by atoms with Crippen molar-refractivity contribution in [3.63, 3.8) is 0 Å². The smallest absolute Gasteiger partial charge is 0.487 e. The van der Waals surface area contributed by atoms with Gasteiger partial charge in [-0.05, 0) is 112 Å². The van der Waals surface area contributed by atoms with Gasteiger partial charge in [0.2, 0.25) is 0 Å². The minimum Gasteiger partial charge on any atom is -0.487 e. The van der Waals surface area contributed by atoms with E-state index in [2.05, 4.69) is 44.6 Å². The van der Waals surface area contributed by atoms with Gasteiger partial charge in [0.15, 0.2) is 6.61 Å². The summed E-state index contributed by atoms with van der Waals surface area (Å²) in [5.41, 5.74) is 3.42. The predicted molar refractivity (Wildman–Crippen MR) is 212 cm³/mol. The molecule has 3 heterocycles. The highest BCUT2D eigenvalue weighted by Crippen LogP contribution is 2.45. The zero-order valence-corrected chi connectivity index (χ0v) is 34.5. The van der Waals surface area contributed by atoms with E-state index >= 15 is 0 Å². The Morgan fingerprint density at radius 1 is 0.800 bits per heavy atom. The van der Waals surface area contributed by atoms with E-state index in [0.29, 0.717) is 11.7 Å². The fourth-order valence-electron chi connectivity index (χ4n) is 7.28. The lowest BCUT2D eigenvalue weighted by molar-refractivity contribution is -0.184. The summed E-state index contributed by atoms with van der Waals surface area (Å²) in [6.07, 6.45) is 17.4. The molecule has 1 aromatic carbocycles. The average molecular weight is 759 g/mol. The fraction of sp³-hybridized carbons (Fsp3) is 0.578. The summed E-state index contributed by atoms with van der Waals surface area (Å²) in [6.45, 7) is 18.1. The molecular formula is C45H62N2O8. The molecule has 0 fully saturated rings. The molecule has 0 aliphatic carbocycles. The third-order valence-electron chi connectivity index (χ3n) is 10.9. The first kappa shape index (κ1) is 43.3. The van der Waals surface area contributed by atoms with Gasteiger partial charge >= 0.3 is 18.1 Å². The molecule has 1 aliphatic heterocycles. The number of aromatic nitrogens is 2. The van der Waals surface area contributed by atoms with Crippen molar-refractivity contribution in [1.82, 2.24) is 9.97 Å². The van der Waals surface area contributed by atoms with Crippen molar-refractivity contribution >= 4 is 18.1 Å². The van der Waals surface area contributed by atoms with E-state index in [9.17, 15) is 14.4 Å². The molecule has 0 N–H and O–H groups in total. The molecule has 4 rings (SSSR count). The van der Waals surface area contributed by atoms with Crippen LogP contribution in [0.5, 0.6) is 11.5 Å². The largest absolute Gasteiger partial charge is 0.517 e. The molecule has 0 bridgehead atoms. The van der Waals surface area contributed by atoms with Gasteiger partial charge in [-0.2, -0.15) is 0 Å². The molecule has 3 aromatic rings. The maximum atomic E-state index is 13.5. The van der Waals surface area contributed by atoms with Crippen LogP contribution in [0.25, 0.3) is 0 Å². The Morgan fingerprint density at radius 3 is 1.96 bits per heavy atom. The van der Waals surface area contributed by atoms with Crippen LogP contribution < -0.4 is 9.47 Å². The normalized spacial score (nSPS) is 17.3. The Bertz CT molecular complexity index is 1730. The Balaban J connectivity index is 1.37. The van der Waals surface area contributed by atoms with E-state index in [1.807, 2.05) is 20.8 Å². The zero-order chi connectivity index (χ0) is 40.2. The quantitative estimate of drug-likeness (QED) is 0.0663. The number of esters is 2. The molecule has 2 aromatic heterocycles. The lowest BCUT2D eigenvalue weighted by atomic mass is 9.83. The summed E-state index contributed by atoms with van der Waals surface area (Å²) < 4.78 is 29.3. The van der Waals surface area contributed by atoms with Crippen molar-refractivity contribution in [2.75, 3.05) is 6.61 Å². The van der Waals surface area contributed by atoms with Crippen molar-refractivity contribution in [3.05, 3.63) is 82.4 Å². The number of ether oxygens (including phenoxy) is 5. The fourth-order valence-corrected chi connectivity index (χ4v) is 7.28. The van der Waals surface area contributed by atoms with E-state index in [-0.39, 0.29) is 16.7 Å². The predicted octanol–water partition coefficient (Wildman–Crippen LogP) is 10.9. The molecule has 0 spiro atoms. The molecule has 10 nitrogen and oxygen atoms in total. The van der Waals surface area contributed by atoms with E-state index in [1.54, 1.807) is 12.1 Å². The van der Waals surface area contributed by atoms with Gasteiger partial charge in [-0.25, -0.2) is 14.4 Å². The van der Waals surface area contributed by atoms with Gasteiger partial charge in [-0.3, -0.25) is 9.97 Å². The van der Waals surface area contributed by atoms with Gasteiger partial charge in [0.1, 0.15) is 17.1 Å². The van der Waals surface area contributed by atoms with E-state index in [1.165, 1.54) is 88.8 Å². The Morgan fingerprint density at radius 2 is 1.38 bits per heavy atom. The van der Waals surface area contributed by atoms with Crippen molar-refractivity contribution in [1.29, 1.82) is 0 Å². The third-order valence-corrected chi connectivity index (χ3v) is 10.9. The van der Waals surface area contributed by atoms with Crippen LogP contribution in [0.3, 0.4) is 0 Å². The first-order valence-corrected chi connectivity index (χ1v) is 20.0. The number of hydrogen-bond donors (Lipinski definition) is 0. The summed E-state index contributed by atoms with van der Waals surface area (Å²) in [5, 5.41) is 0. The number of pyridine rings is 2. The Kier molecular flexibility index (Phi) is 15.7. The van der Waals surface area contributed by atoms with Crippen molar-refractivity contribution < 1.29 is 38.1 Å². The molecule has 1 aliphatic rings. The molecule has 0 saturated heterocycles. The topological polar surface area (TPSA) is 123 Å². The van der Waals surface area contributed by atoms with Crippen molar-refractivity contribution in [2.45, 2.75) is 144 Å². The van der Waals surface area contributed by atoms with E-state index in [4.69, 9.17) is 23.7 Å². The summed E-state index contributed by atoms with van der Waals surface area (Å²) in [6, 6.07) is 6.19. The Labute approximate surface area is 328 Å². The number of hydrogen-bond acceptors (Lipinski definition) is 10. The van der Waals surface area contributed by atoms with Gasteiger partial charge in [-0.15, -0.1) is 0 Å². The van der Waals surface area contributed by atoms with Crippen molar-refractivity contribution in [3.8, 4) is 11.5 Å². The average Bonchev–Trinajstić information content (AvgIpc) is 3.15. The minimum absolute atomic E-state index is 0.121. The highest BCUT2D eigenvalue weighted by molar-refractivity contribution is 5.90. The van der Waals surface area contributed by atoms with Crippen LogP contribution in [0.15, 0.2) is 49.1 Å². The SMILES string of the molecule is Cc1c(C)c2c(c(C)c1OC(=O)OC(C)(COC(=O)c1cccnc1)OC(=O)c1cccnc1)CCC(C)(CCCC(C)CCCC(C)CCCC(C)C)O2. The number of benzene rings is 1. The first-order chi connectivity index (χ1) is 26.1. The van der Waals surface area contributed by atoms with Gasteiger partial charge in [0.25, 0.3) is 5.79 Å². The molecule has 4 unspecified atom stereocenters. The second-order valence-corrected chi connectivity index (χ2v) is 16.5. The first-order valence-electron chi connectivity index (χ1n) is 20.0. The van der Waals surface area contributed by atoms with Crippen LogP contribution in [0.4, 0.5) is 4.79 Å². The minimum atomic E-state index is -2.04. The molecule has 10 heteroatoms. The highest BCUT2D eigenvalue weighted by Gasteiger charge is 2.39. The molecule has 55 heavy (non-hydrogen) atoms. The van der Waals surface area contributed by atoms with Gasteiger partial charge in [0.05, 0.1) is 11.1 Å². The van der Waals surface area contributed by atoms with Crippen LogP contribution in [-0.4, -0.2) is 46.1 Å². The highest BCUT2D eigenvalue weighted by atomic mass is 16.8. The van der Waals surface area contributed by atoms with Gasteiger partial charge in [-0.1, -0.05) is 72.6 Å². The van der Waals surface area contributed by atoms with E-state index < -0.39 is 30.5 Å². The van der Waals surface area contributed by atoms with Crippen LogP contribution in [0, 0.1) is 38.5 Å². The summed E-state index contributed by atoms with van der Waals surface area (Å²) in [5.74, 6) is -0.104. The van der Waals surface area contributed by atoms with Crippen LogP contribution >= 0.6 is 0 Å². The van der Waals surface area contributed by atoms with E-state index in [0.717, 1.165) is 65.5 Å². The number of rotatable bonds is 19. The maximum Gasteiger partial charge on any atom is 0.517 e. The molecular weight excluding hydrogens is 697 g/mol. The second kappa shape index (κ2) is 19.9. The zero-order valence-electron chi connectivity index (χ0n) is 34.5. The summed E-state index contributed by atoms with van der Waals surface area (Å²) in [7, 11) is 0. The molecule has 0 amide bonds. The maximum absolute atomic E-state index is 13.5. The second-order valence-electron chi connectivity index (χ2n) is 16.5. The Hall–Kier alpha value is -4.47. The summed E-state index contributed by atoms with van der Waals surface area (Å²) in [4.78, 5) is 47.1. The number of carbonyl (C=O) groups excluding carboxylic acids is 3. The number of nitrogens with zero attached hydrogens (tertiary/aromatic N) is 2. The van der Waals surface area contributed by atoms with Crippen LogP contribution in [-0.2, 0) is 20.6 Å². The molecule has 300 valence electrons.